The molecule has 0 fully saturated rings. The Morgan fingerprint density at radius 3 is 1.42 bits per heavy atom. The number of fused-ring (bicyclic) bond motifs is 1. The average Bonchev–Trinajstić information content (AvgIpc) is 3.74. The maximum Gasteiger partial charge on any atom is 0.135 e. The van der Waals surface area contributed by atoms with Crippen molar-refractivity contribution in [3.63, 3.8) is 0 Å². The van der Waals surface area contributed by atoms with E-state index in [0.717, 1.165) is 84.6 Å². The standard InChI is InChI=1S/C60H55Cl2N3O/c1-40-16-14-17-41(2)58(40)65(54-38-46(61)37-53(57(54)62)64(49-32-26-44(27-33-49)59(3,4)5)50-34-28-45(29-35-50)60(6,7)8)52-22-15-21-51(39-52)63(47-19-10-9-11-20-47)48-30-24-42(25-31-48)56-36-43-18-12-13-23-55(43)66-56/h9-39H,1-8H3. The van der Waals surface area contributed by atoms with Crippen molar-refractivity contribution in [3.05, 3.63) is 220 Å². The molecule has 0 atom stereocenters. The highest BCUT2D eigenvalue weighted by Gasteiger charge is 2.27. The first-order chi connectivity index (χ1) is 31.6. The Labute approximate surface area is 400 Å². The zero-order valence-electron chi connectivity index (χ0n) is 38.9. The van der Waals surface area contributed by atoms with Gasteiger partial charge in [-0.15, -0.1) is 0 Å². The number of benzene rings is 8. The summed E-state index contributed by atoms with van der Waals surface area (Å²) in [6.07, 6.45) is 0. The minimum Gasteiger partial charge on any atom is -0.456 e. The molecule has 330 valence electrons. The molecule has 0 N–H and O–H groups in total. The van der Waals surface area contributed by atoms with Crippen LogP contribution in [0.2, 0.25) is 10.0 Å². The van der Waals surface area contributed by atoms with Gasteiger partial charge in [-0.3, -0.25) is 0 Å². The molecule has 0 aliphatic carbocycles. The summed E-state index contributed by atoms with van der Waals surface area (Å²) in [6, 6.07) is 65.9. The Balaban J connectivity index is 1.20. The molecule has 8 aromatic carbocycles. The van der Waals surface area contributed by atoms with Gasteiger partial charge in [0.05, 0.1) is 22.1 Å². The number of para-hydroxylation sites is 3. The quantitative estimate of drug-likeness (QED) is 0.136. The van der Waals surface area contributed by atoms with E-state index in [0.29, 0.717) is 10.0 Å². The van der Waals surface area contributed by atoms with Crippen LogP contribution in [0.5, 0.6) is 0 Å². The molecule has 6 heteroatoms. The summed E-state index contributed by atoms with van der Waals surface area (Å²) in [6.45, 7) is 17.7. The zero-order valence-corrected chi connectivity index (χ0v) is 40.4. The van der Waals surface area contributed by atoms with E-state index in [9.17, 15) is 0 Å². The van der Waals surface area contributed by atoms with E-state index < -0.39 is 0 Å². The predicted molar refractivity (Wildman–Crippen MR) is 283 cm³/mol. The summed E-state index contributed by atoms with van der Waals surface area (Å²) in [5.41, 5.74) is 15.0. The largest absolute Gasteiger partial charge is 0.456 e. The van der Waals surface area contributed by atoms with E-state index in [4.69, 9.17) is 27.6 Å². The van der Waals surface area contributed by atoms with Crippen LogP contribution in [0.25, 0.3) is 22.3 Å². The molecule has 0 bridgehead atoms. The minimum atomic E-state index is -0.00590. The Hall–Kier alpha value is -6.72. The van der Waals surface area contributed by atoms with Gasteiger partial charge in [0.1, 0.15) is 11.3 Å². The van der Waals surface area contributed by atoms with Gasteiger partial charge in [0.25, 0.3) is 0 Å². The lowest BCUT2D eigenvalue weighted by Crippen LogP contribution is -2.17. The second kappa shape index (κ2) is 17.9. The van der Waals surface area contributed by atoms with Crippen molar-refractivity contribution in [2.24, 2.45) is 0 Å². The van der Waals surface area contributed by atoms with Crippen LogP contribution in [0.4, 0.5) is 51.2 Å². The van der Waals surface area contributed by atoms with E-state index in [1.165, 1.54) is 11.1 Å². The summed E-state index contributed by atoms with van der Waals surface area (Å²) in [4.78, 5) is 6.77. The molecule has 4 nitrogen and oxygen atoms in total. The van der Waals surface area contributed by atoms with Gasteiger partial charge in [-0.1, -0.05) is 150 Å². The van der Waals surface area contributed by atoms with Crippen LogP contribution in [0.1, 0.15) is 63.8 Å². The SMILES string of the molecule is Cc1cccc(C)c1N(c1cccc(N(c2ccccc2)c2ccc(-c3cc4ccccc4o3)cc2)c1)c1cc(Cl)cc(N(c2ccc(C(C)(C)C)cc2)c2ccc(C(C)(C)C)cc2)c1Cl. The zero-order chi connectivity index (χ0) is 46.3. The third-order valence-electron chi connectivity index (χ3n) is 12.3. The van der Waals surface area contributed by atoms with Gasteiger partial charge in [0, 0.05) is 50.1 Å². The molecular weight excluding hydrogens is 850 g/mol. The maximum atomic E-state index is 7.91. The second-order valence-electron chi connectivity index (χ2n) is 19.1. The lowest BCUT2D eigenvalue weighted by atomic mass is 9.86. The number of aryl methyl sites for hydroxylation is 2. The molecule has 9 aromatic rings. The van der Waals surface area contributed by atoms with Crippen molar-refractivity contribution in [1.82, 2.24) is 0 Å². The van der Waals surface area contributed by atoms with Crippen LogP contribution in [-0.4, -0.2) is 0 Å². The first-order valence-electron chi connectivity index (χ1n) is 22.5. The van der Waals surface area contributed by atoms with Crippen LogP contribution >= 0.6 is 23.2 Å². The van der Waals surface area contributed by atoms with Crippen LogP contribution in [0, 0.1) is 13.8 Å². The number of anilines is 9. The third kappa shape index (κ3) is 8.96. The van der Waals surface area contributed by atoms with Crippen molar-refractivity contribution >= 4 is 85.4 Å². The number of rotatable bonds is 10. The fourth-order valence-corrected chi connectivity index (χ4v) is 9.26. The van der Waals surface area contributed by atoms with Crippen molar-refractivity contribution in [3.8, 4) is 11.3 Å². The van der Waals surface area contributed by atoms with E-state index in [-0.39, 0.29) is 10.8 Å². The molecule has 1 heterocycles. The van der Waals surface area contributed by atoms with Gasteiger partial charge in [-0.2, -0.15) is 0 Å². The molecule has 0 spiro atoms. The van der Waals surface area contributed by atoms with Crippen molar-refractivity contribution in [2.45, 2.75) is 66.2 Å². The molecule has 0 aliphatic rings. The highest BCUT2D eigenvalue weighted by Crippen LogP contribution is 2.51. The summed E-state index contributed by atoms with van der Waals surface area (Å²) >= 11 is 15.2. The monoisotopic (exact) mass is 903 g/mol. The van der Waals surface area contributed by atoms with Gasteiger partial charge in [-0.25, -0.2) is 0 Å². The first kappa shape index (κ1) is 44.5. The molecule has 0 aliphatic heterocycles. The van der Waals surface area contributed by atoms with Crippen LogP contribution < -0.4 is 14.7 Å². The normalized spacial score (nSPS) is 11.8. The van der Waals surface area contributed by atoms with Gasteiger partial charge in [0.2, 0.25) is 0 Å². The smallest absolute Gasteiger partial charge is 0.135 e. The molecule has 66 heavy (non-hydrogen) atoms. The van der Waals surface area contributed by atoms with Gasteiger partial charge < -0.3 is 19.1 Å². The van der Waals surface area contributed by atoms with Crippen molar-refractivity contribution < 1.29 is 4.42 Å². The topological polar surface area (TPSA) is 22.9 Å². The first-order valence-corrected chi connectivity index (χ1v) is 23.3. The fourth-order valence-electron chi connectivity index (χ4n) is 8.78. The number of halogens is 2. The van der Waals surface area contributed by atoms with E-state index >= 15 is 0 Å². The minimum absolute atomic E-state index is 0.00590. The Morgan fingerprint density at radius 1 is 0.409 bits per heavy atom. The fraction of sp³-hybridized carbons (Fsp3) is 0.167. The molecule has 0 radical (unpaired) electrons. The van der Waals surface area contributed by atoms with Crippen molar-refractivity contribution in [2.75, 3.05) is 14.7 Å². The maximum absolute atomic E-state index is 7.91. The molecule has 0 unspecified atom stereocenters. The second-order valence-corrected chi connectivity index (χ2v) is 20.0. The van der Waals surface area contributed by atoms with Gasteiger partial charge in [-0.05, 0) is 150 Å². The van der Waals surface area contributed by atoms with Crippen LogP contribution in [0.15, 0.2) is 192 Å². The Kier molecular flexibility index (Phi) is 12.1. The van der Waals surface area contributed by atoms with E-state index in [2.05, 4.69) is 222 Å². The van der Waals surface area contributed by atoms with Crippen LogP contribution in [-0.2, 0) is 10.8 Å². The Morgan fingerprint density at radius 2 is 0.864 bits per heavy atom. The van der Waals surface area contributed by atoms with E-state index in [1.807, 2.05) is 36.4 Å². The number of nitrogens with zero attached hydrogens (tertiary/aromatic N) is 3. The van der Waals surface area contributed by atoms with E-state index in [1.54, 1.807) is 0 Å². The molecule has 9 rings (SSSR count). The molecule has 1 aromatic heterocycles. The van der Waals surface area contributed by atoms with Gasteiger partial charge in [0.15, 0.2) is 0 Å². The number of furan rings is 1. The predicted octanol–water partition coefficient (Wildman–Crippen LogP) is 19.0. The summed E-state index contributed by atoms with van der Waals surface area (Å²) < 4.78 is 6.25. The molecule has 0 saturated heterocycles. The van der Waals surface area contributed by atoms with Crippen LogP contribution in [0.3, 0.4) is 0 Å². The summed E-state index contributed by atoms with van der Waals surface area (Å²) in [7, 11) is 0. The highest BCUT2D eigenvalue weighted by molar-refractivity contribution is 6.38. The Bertz CT molecular complexity index is 3030. The number of hydrogen-bond donors (Lipinski definition) is 0. The third-order valence-corrected chi connectivity index (χ3v) is 12.9. The van der Waals surface area contributed by atoms with Gasteiger partial charge >= 0.3 is 0 Å². The molecular formula is C60H55Cl2N3O. The highest BCUT2D eigenvalue weighted by atomic mass is 35.5. The summed E-state index contributed by atoms with van der Waals surface area (Å²) in [5, 5.41) is 2.21. The molecule has 0 amide bonds. The summed E-state index contributed by atoms with van der Waals surface area (Å²) in [5.74, 6) is 0.834. The average molecular weight is 905 g/mol. The van der Waals surface area contributed by atoms with Crippen molar-refractivity contribution in [1.29, 1.82) is 0 Å². The lowest BCUT2D eigenvalue weighted by molar-refractivity contribution is 0.590. The molecule has 0 saturated carbocycles. The lowest BCUT2D eigenvalue weighted by Gasteiger charge is -2.34. The number of hydrogen-bond acceptors (Lipinski definition) is 4.